The molecule has 5 heteroatoms. The van der Waals surface area contributed by atoms with Crippen molar-refractivity contribution in [2.75, 3.05) is 13.2 Å². The van der Waals surface area contributed by atoms with Gasteiger partial charge in [0.15, 0.2) is 0 Å². The fourth-order valence-electron chi connectivity index (χ4n) is 6.98. The second-order valence-corrected chi connectivity index (χ2v) is 15.8. The molecule has 1 aliphatic heterocycles. The average molecular weight is 624 g/mol. The van der Waals surface area contributed by atoms with E-state index in [0.717, 1.165) is 38.7 Å². The maximum atomic E-state index is 12.7. The lowest BCUT2D eigenvalue weighted by Gasteiger charge is -2.53. The van der Waals surface area contributed by atoms with Crippen LogP contribution in [0.3, 0.4) is 0 Å². The van der Waals surface area contributed by atoms with Crippen LogP contribution >= 0.6 is 0 Å². The van der Waals surface area contributed by atoms with Crippen LogP contribution in [0.2, 0.25) is 0 Å². The van der Waals surface area contributed by atoms with E-state index in [-0.39, 0.29) is 28.8 Å². The second-order valence-electron chi connectivity index (χ2n) is 15.8. The van der Waals surface area contributed by atoms with E-state index in [4.69, 9.17) is 14.3 Å². The van der Waals surface area contributed by atoms with E-state index in [1.54, 1.807) is 0 Å². The third-order valence-electron chi connectivity index (χ3n) is 9.37. The largest absolute Gasteiger partial charge is 0.462 e. The van der Waals surface area contributed by atoms with Gasteiger partial charge in [-0.1, -0.05) is 136 Å². The molecular formula is C39H77NO4. The van der Waals surface area contributed by atoms with Gasteiger partial charge in [0.05, 0.1) is 12.2 Å². The van der Waals surface area contributed by atoms with Crippen molar-refractivity contribution in [2.45, 2.75) is 232 Å². The standard InChI is InChI=1S/C39H77NO4/c1-9-11-13-15-17-18-19-20-21-22-23-24-25-26-28-30-36(41)44-35-32-37(3,4)40(38(5,6)33-35)43-34-39(7,8)42-31-29-27-16-14-12-10-2/h35H,9-34H2,1-8H3. The molecule has 0 aliphatic carbocycles. The number of hydroxylamine groups is 2. The summed E-state index contributed by atoms with van der Waals surface area (Å²) in [7, 11) is 0. The van der Waals surface area contributed by atoms with Gasteiger partial charge in [-0.05, 0) is 54.4 Å². The molecular weight excluding hydrogens is 546 g/mol. The third kappa shape index (κ3) is 19.8. The van der Waals surface area contributed by atoms with Crippen molar-refractivity contribution in [3.8, 4) is 0 Å². The van der Waals surface area contributed by atoms with E-state index in [2.05, 4.69) is 60.5 Å². The summed E-state index contributed by atoms with van der Waals surface area (Å²) < 4.78 is 12.3. The lowest BCUT2D eigenvalue weighted by molar-refractivity contribution is -0.309. The maximum Gasteiger partial charge on any atom is 0.306 e. The first-order valence-corrected chi connectivity index (χ1v) is 19.2. The Bertz CT molecular complexity index is 686. The van der Waals surface area contributed by atoms with E-state index < -0.39 is 0 Å². The lowest BCUT2D eigenvalue weighted by atomic mass is 9.80. The van der Waals surface area contributed by atoms with Crippen LogP contribution in [0, 0.1) is 0 Å². The summed E-state index contributed by atoms with van der Waals surface area (Å²) in [6.07, 6.45) is 29.6. The Labute approximate surface area is 275 Å². The monoisotopic (exact) mass is 624 g/mol. The number of hydrogen-bond acceptors (Lipinski definition) is 5. The van der Waals surface area contributed by atoms with E-state index in [1.165, 1.54) is 116 Å². The van der Waals surface area contributed by atoms with Crippen LogP contribution < -0.4 is 0 Å². The van der Waals surface area contributed by atoms with Gasteiger partial charge in [-0.25, -0.2) is 0 Å². The lowest BCUT2D eigenvalue weighted by Crippen LogP contribution is -2.62. The number of carbonyl (C=O) groups excluding carboxylic acids is 1. The minimum Gasteiger partial charge on any atom is -0.462 e. The fourth-order valence-corrected chi connectivity index (χ4v) is 6.98. The number of rotatable bonds is 28. The van der Waals surface area contributed by atoms with Crippen molar-refractivity contribution in [2.24, 2.45) is 0 Å². The molecule has 0 radical (unpaired) electrons. The minimum atomic E-state index is -0.341. The Balaban J connectivity index is 2.21. The number of carbonyl (C=O) groups is 1. The summed E-state index contributed by atoms with van der Waals surface area (Å²) in [6.45, 7) is 18.9. The smallest absolute Gasteiger partial charge is 0.306 e. The Morgan fingerprint density at radius 1 is 0.636 bits per heavy atom. The zero-order valence-electron chi connectivity index (χ0n) is 31.0. The molecule has 0 saturated carbocycles. The van der Waals surface area contributed by atoms with Crippen molar-refractivity contribution in [3.63, 3.8) is 0 Å². The summed E-state index contributed by atoms with van der Waals surface area (Å²) in [5.41, 5.74) is -0.820. The third-order valence-corrected chi connectivity index (χ3v) is 9.37. The van der Waals surface area contributed by atoms with Gasteiger partial charge in [0.1, 0.15) is 6.10 Å². The highest BCUT2D eigenvalue weighted by Gasteiger charge is 2.48. The summed E-state index contributed by atoms with van der Waals surface area (Å²) in [5.74, 6) is -0.0325. The molecule has 0 amide bonds. The number of ether oxygens (including phenoxy) is 2. The maximum absolute atomic E-state index is 12.7. The SMILES string of the molecule is CCCCCCCCCCCCCCCCCC(=O)OC1CC(C)(C)N(OCC(C)(C)OCCCCCCCC)C(C)(C)C1. The topological polar surface area (TPSA) is 48.0 Å². The van der Waals surface area contributed by atoms with Gasteiger partial charge < -0.3 is 9.47 Å². The van der Waals surface area contributed by atoms with Gasteiger partial charge in [-0.3, -0.25) is 9.63 Å². The highest BCUT2D eigenvalue weighted by atomic mass is 16.7. The zero-order chi connectivity index (χ0) is 32.7. The second kappa shape index (κ2) is 23.6. The molecule has 0 aromatic carbocycles. The number of esters is 1. The molecule has 0 atom stereocenters. The van der Waals surface area contributed by atoms with Gasteiger partial charge in [0.25, 0.3) is 0 Å². The van der Waals surface area contributed by atoms with Crippen molar-refractivity contribution in [1.82, 2.24) is 5.06 Å². The molecule has 1 rings (SSSR count). The van der Waals surface area contributed by atoms with E-state index in [0.29, 0.717) is 13.0 Å². The van der Waals surface area contributed by atoms with E-state index >= 15 is 0 Å². The molecule has 5 nitrogen and oxygen atoms in total. The molecule has 0 unspecified atom stereocenters. The van der Waals surface area contributed by atoms with Crippen LogP contribution in [0.1, 0.15) is 209 Å². The van der Waals surface area contributed by atoms with Crippen molar-refractivity contribution in [3.05, 3.63) is 0 Å². The van der Waals surface area contributed by atoms with Crippen molar-refractivity contribution < 1.29 is 19.1 Å². The summed E-state index contributed by atoms with van der Waals surface area (Å²) in [6, 6.07) is 0. The fraction of sp³-hybridized carbons (Fsp3) is 0.974. The number of unbranched alkanes of at least 4 members (excludes halogenated alkanes) is 19. The molecule has 0 bridgehead atoms. The first-order valence-electron chi connectivity index (χ1n) is 19.2. The highest BCUT2D eigenvalue weighted by molar-refractivity contribution is 5.69. The average Bonchev–Trinajstić information content (AvgIpc) is 2.93. The van der Waals surface area contributed by atoms with Gasteiger partial charge in [0, 0.05) is 36.9 Å². The molecule has 0 N–H and O–H groups in total. The molecule has 1 saturated heterocycles. The summed E-state index contributed by atoms with van der Waals surface area (Å²) >= 11 is 0. The van der Waals surface area contributed by atoms with Gasteiger partial charge in [-0.2, -0.15) is 5.06 Å². The molecule has 0 aromatic heterocycles. The molecule has 0 aromatic rings. The first-order chi connectivity index (χ1) is 20.9. The van der Waals surface area contributed by atoms with Crippen LogP contribution in [0.15, 0.2) is 0 Å². The summed E-state index contributed by atoms with van der Waals surface area (Å²) in [5, 5.41) is 2.15. The molecule has 1 heterocycles. The van der Waals surface area contributed by atoms with Gasteiger partial charge in [0.2, 0.25) is 0 Å². The Hall–Kier alpha value is -0.650. The molecule has 0 spiro atoms. The Morgan fingerprint density at radius 3 is 1.45 bits per heavy atom. The van der Waals surface area contributed by atoms with Crippen LogP contribution in [-0.4, -0.2) is 47.0 Å². The quantitative estimate of drug-likeness (QED) is 0.0641. The molecule has 44 heavy (non-hydrogen) atoms. The molecule has 1 fully saturated rings. The van der Waals surface area contributed by atoms with E-state index in [9.17, 15) is 4.79 Å². The van der Waals surface area contributed by atoms with Crippen LogP contribution in [0.25, 0.3) is 0 Å². The highest BCUT2D eigenvalue weighted by Crippen LogP contribution is 2.40. The van der Waals surface area contributed by atoms with Crippen molar-refractivity contribution >= 4 is 5.97 Å². The van der Waals surface area contributed by atoms with E-state index in [1.807, 2.05) is 0 Å². The van der Waals surface area contributed by atoms with Gasteiger partial charge >= 0.3 is 5.97 Å². The Kier molecular flexibility index (Phi) is 22.2. The summed E-state index contributed by atoms with van der Waals surface area (Å²) in [4.78, 5) is 19.2. The predicted molar refractivity (Wildman–Crippen MR) is 188 cm³/mol. The minimum absolute atomic E-state index is 0.0325. The molecule has 262 valence electrons. The van der Waals surface area contributed by atoms with Crippen LogP contribution in [-0.2, 0) is 19.1 Å². The van der Waals surface area contributed by atoms with Gasteiger partial charge in [-0.15, -0.1) is 0 Å². The van der Waals surface area contributed by atoms with Crippen LogP contribution in [0.5, 0.6) is 0 Å². The predicted octanol–water partition coefficient (Wildman–Crippen LogP) is 11.9. The zero-order valence-corrected chi connectivity index (χ0v) is 31.0. The van der Waals surface area contributed by atoms with Crippen LogP contribution in [0.4, 0.5) is 0 Å². The number of piperidine rings is 1. The first kappa shape index (κ1) is 41.4. The number of hydrogen-bond donors (Lipinski definition) is 0. The van der Waals surface area contributed by atoms with Crippen molar-refractivity contribution in [1.29, 1.82) is 0 Å². The number of nitrogens with zero attached hydrogens (tertiary/aromatic N) is 1. The Morgan fingerprint density at radius 2 is 1.02 bits per heavy atom. The normalized spacial score (nSPS) is 17.3. The molecule has 1 aliphatic rings.